The minimum absolute atomic E-state index is 0.0318. The first-order valence-corrected chi connectivity index (χ1v) is 8.46. The van der Waals surface area contributed by atoms with Crippen molar-refractivity contribution in [1.82, 2.24) is 14.5 Å². The molecule has 3 aromatic rings. The quantitative estimate of drug-likeness (QED) is 0.481. The van der Waals surface area contributed by atoms with Gasteiger partial charge in [-0.3, -0.25) is 24.3 Å². The summed E-state index contributed by atoms with van der Waals surface area (Å²) in [6, 6.07) is 7.95. The van der Waals surface area contributed by atoms with Crippen molar-refractivity contribution in [3.63, 3.8) is 0 Å². The number of amides is 1. The molecule has 0 spiro atoms. The Morgan fingerprint density at radius 3 is 2.79 bits per heavy atom. The molecule has 0 N–H and O–H groups in total. The summed E-state index contributed by atoms with van der Waals surface area (Å²) in [7, 11) is 1.45. The van der Waals surface area contributed by atoms with Crippen molar-refractivity contribution in [3.8, 4) is 0 Å². The van der Waals surface area contributed by atoms with Gasteiger partial charge in [0.1, 0.15) is 12.4 Å². The summed E-state index contributed by atoms with van der Waals surface area (Å²) in [5, 5.41) is 11.1. The summed E-state index contributed by atoms with van der Waals surface area (Å²) < 4.78 is 14.9. The molecule has 8 nitrogen and oxygen atoms in total. The van der Waals surface area contributed by atoms with Crippen molar-refractivity contribution < 1.29 is 14.1 Å². The Bertz CT molecular complexity index is 1130. The lowest BCUT2D eigenvalue weighted by Crippen LogP contribution is -2.34. The van der Waals surface area contributed by atoms with Crippen LogP contribution < -0.4 is 5.56 Å². The number of nitro benzene ring substituents is 1. The number of carbonyl (C=O) groups excluding carboxylic acids is 1. The second kappa shape index (κ2) is 7.73. The summed E-state index contributed by atoms with van der Waals surface area (Å²) in [6.07, 6.45) is 1.19. The molecule has 1 heterocycles. The van der Waals surface area contributed by atoms with Crippen LogP contribution in [0.1, 0.15) is 5.56 Å². The van der Waals surface area contributed by atoms with E-state index in [0.717, 1.165) is 10.6 Å². The Morgan fingerprint density at radius 2 is 2.11 bits per heavy atom. The number of likely N-dealkylation sites (N-methyl/N-ethyl adjacent to an activating group) is 1. The van der Waals surface area contributed by atoms with Crippen LogP contribution in [0, 0.1) is 15.9 Å². The fraction of sp³-hybridized carbons (Fsp3) is 0.167. The van der Waals surface area contributed by atoms with Crippen LogP contribution in [-0.4, -0.2) is 32.3 Å². The molecule has 2 aromatic carbocycles. The molecule has 144 valence electrons. The minimum Gasteiger partial charge on any atom is -0.340 e. The van der Waals surface area contributed by atoms with Gasteiger partial charge in [-0.05, 0) is 18.2 Å². The highest BCUT2D eigenvalue weighted by Crippen LogP contribution is 2.20. The molecule has 0 radical (unpaired) electrons. The van der Waals surface area contributed by atoms with Crippen molar-refractivity contribution in [3.05, 3.63) is 79.6 Å². The summed E-state index contributed by atoms with van der Waals surface area (Å²) in [6.45, 7) is -0.432. The maximum atomic E-state index is 13.9. The van der Waals surface area contributed by atoms with Gasteiger partial charge in [-0.2, -0.15) is 0 Å². The summed E-state index contributed by atoms with van der Waals surface area (Å²) in [5.74, 6) is -1.02. The standard InChI is InChI=1S/C18H14ClFN4O4/c1-22(8-13-14(19)3-2-4-15(13)20)17(25)9-23-10-21-16-6-5-11(24(27)28)7-12(16)18(23)26/h2-7,10H,8-9H2,1H3. The zero-order valence-electron chi connectivity index (χ0n) is 14.6. The number of halogens is 2. The van der Waals surface area contributed by atoms with Crippen molar-refractivity contribution in [2.24, 2.45) is 0 Å². The predicted molar refractivity (Wildman–Crippen MR) is 101 cm³/mol. The van der Waals surface area contributed by atoms with Crippen LogP contribution in [0.5, 0.6) is 0 Å². The molecular weight excluding hydrogens is 391 g/mol. The van der Waals surface area contributed by atoms with Crippen LogP contribution in [0.25, 0.3) is 10.9 Å². The third-order valence-electron chi connectivity index (χ3n) is 4.21. The lowest BCUT2D eigenvalue weighted by Gasteiger charge is -2.19. The van der Waals surface area contributed by atoms with Gasteiger partial charge in [0.25, 0.3) is 11.2 Å². The second-order valence-electron chi connectivity index (χ2n) is 6.09. The predicted octanol–water partition coefficient (Wildman–Crippen LogP) is 2.76. The SMILES string of the molecule is CN(Cc1c(F)cccc1Cl)C(=O)Cn1cnc2ccc([N+](=O)[O-])cc2c1=O. The van der Waals surface area contributed by atoms with Gasteiger partial charge in [0.2, 0.25) is 5.91 Å². The smallest absolute Gasteiger partial charge is 0.270 e. The zero-order chi connectivity index (χ0) is 20.4. The van der Waals surface area contributed by atoms with Gasteiger partial charge in [0.15, 0.2) is 0 Å². The van der Waals surface area contributed by atoms with Gasteiger partial charge in [0.05, 0.1) is 22.2 Å². The number of rotatable bonds is 5. The molecule has 28 heavy (non-hydrogen) atoms. The molecule has 0 atom stereocenters. The first kappa shape index (κ1) is 19.4. The summed E-state index contributed by atoms with van der Waals surface area (Å²) in [5.41, 5.74) is -0.383. The third kappa shape index (κ3) is 3.84. The van der Waals surface area contributed by atoms with E-state index < -0.39 is 22.2 Å². The highest BCUT2D eigenvalue weighted by molar-refractivity contribution is 6.31. The largest absolute Gasteiger partial charge is 0.340 e. The molecule has 0 aliphatic rings. The number of nitro groups is 1. The molecule has 1 amide bonds. The number of carbonyl (C=O) groups is 1. The van der Waals surface area contributed by atoms with E-state index in [0.29, 0.717) is 0 Å². The number of fused-ring (bicyclic) bond motifs is 1. The minimum atomic E-state index is -0.618. The third-order valence-corrected chi connectivity index (χ3v) is 4.56. The second-order valence-corrected chi connectivity index (χ2v) is 6.49. The van der Waals surface area contributed by atoms with Gasteiger partial charge in [-0.1, -0.05) is 17.7 Å². The molecule has 1 aromatic heterocycles. The Balaban J connectivity index is 1.85. The maximum absolute atomic E-state index is 13.9. The van der Waals surface area contributed by atoms with Crippen molar-refractivity contribution >= 4 is 34.1 Å². The molecule has 3 rings (SSSR count). The van der Waals surface area contributed by atoms with Gasteiger partial charge >= 0.3 is 0 Å². The van der Waals surface area contributed by atoms with Crippen LogP contribution in [-0.2, 0) is 17.9 Å². The number of non-ortho nitro benzene ring substituents is 1. The summed E-state index contributed by atoms with van der Waals surface area (Å²) >= 11 is 5.97. The van der Waals surface area contributed by atoms with Crippen molar-refractivity contribution in [1.29, 1.82) is 0 Å². The lowest BCUT2D eigenvalue weighted by atomic mass is 10.2. The Hall–Kier alpha value is -3.33. The topological polar surface area (TPSA) is 98.3 Å². The molecular formula is C18H14ClFN4O4. The van der Waals surface area contributed by atoms with E-state index in [9.17, 15) is 24.1 Å². The number of nitrogens with zero attached hydrogens (tertiary/aromatic N) is 4. The highest BCUT2D eigenvalue weighted by atomic mass is 35.5. The molecule has 0 aliphatic carbocycles. The molecule has 0 saturated carbocycles. The van der Waals surface area contributed by atoms with E-state index in [1.807, 2.05) is 0 Å². The fourth-order valence-corrected chi connectivity index (χ4v) is 2.87. The molecule has 0 bridgehead atoms. The molecule has 10 heteroatoms. The number of benzene rings is 2. The van der Waals surface area contributed by atoms with Crippen LogP contribution in [0.15, 0.2) is 47.5 Å². The van der Waals surface area contributed by atoms with Crippen molar-refractivity contribution in [2.45, 2.75) is 13.1 Å². The van der Waals surface area contributed by atoms with E-state index >= 15 is 0 Å². The normalized spacial score (nSPS) is 10.8. The number of hydrogen-bond donors (Lipinski definition) is 0. The first-order valence-electron chi connectivity index (χ1n) is 8.08. The van der Waals surface area contributed by atoms with Gasteiger partial charge in [-0.15, -0.1) is 0 Å². The van der Waals surface area contributed by atoms with Crippen LogP contribution >= 0.6 is 11.6 Å². The van der Waals surface area contributed by atoms with Crippen LogP contribution in [0.4, 0.5) is 10.1 Å². The molecule has 0 unspecified atom stereocenters. The monoisotopic (exact) mass is 404 g/mol. The lowest BCUT2D eigenvalue weighted by molar-refractivity contribution is -0.384. The number of hydrogen-bond acceptors (Lipinski definition) is 5. The van der Waals surface area contributed by atoms with E-state index in [4.69, 9.17) is 11.6 Å². The Morgan fingerprint density at radius 1 is 1.36 bits per heavy atom. The molecule has 0 saturated heterocycles. The summed E-state index contributed by atoms with van der Waals surface area (Å²) in [4.78, 5) is 40.6. The first-order chi connectivity index (χ1) is 13.3. The van der Waals surface area contributed by atoms with E-state index in [-0.39, 0.29) is 40.3 Å². The van der Waals surface area contributed by atoms with Gasteiger partial charge in [-0.25, -0.2) is 9.37 Å². The highest BCUT2D eigenvalue weighted by Gasteiger charge is 2.17. The van der Waals surface area contributed by atoms with Gasteiger partial charge in [0, 0.05) is 36.3 Å². The average Bonchev–Trinajstić information content (AvgIpc) is 2.66. The number of aromatic nitrogens is 2. The Labute approximate surface area is 162 Å². The Kier molecular flexibility index (Phi) is 5.36. The molecule has 0 fully saturated rings. The van der Waals surface area contributed by atoms with E-state index in [1.54, 1.807) is 0 Å². The maximum Gasteiger partial charge on any atom is 0.270 e. The fourth-order valence-electron chi connectivity index (χ4n) is 2.65. The average molecular weight is 405 g/mol. The van der Waals surface area contributed by atoms with Crippen LogP contribution in [0.2, 0.25) is 5.02 Å². The zero-order valence-corrected chi connectivity index (χ0v) is 15.4. The van der Waals surface area contributed by atoms with Gasteiger partial charge < -0.3 is 4.90 Å². The van der Waals surface area contributed by atoms with E-state index in [1.165, 1.54) is 48.6 Å². The van der Waals surface area contributed by atoms with E-state index in [2.05, 4.69) is 4.98 Å². The van der Waals surface area contributed by atoms with Crippen molar-refractivity contribution in [2.75, 3.05) is 7.05 Å². The molecule has 0 aliphatic heterocycles. The van der Waals surface area contributed by atoms with Crippen LogP contribution in [0.3, 0.4) is 0 Å².